The summed E-state index contributed by atoms with van der Waals surface area (Å²) >= 11 is 12.7. The Bertz CT molecular complexity index is 1010. The lowest BCUT2D eigenvalue weighted by atomic mass is 10.1. The number of thiocarbonyl (C=S) groups is 1. The van der Waals surface area contributed by atoms with Crippen molar-refractivity contribution in [3.8, 4) is 0 Å². The van der Waals surface area contributed by atoms with Crippen molar-refractivity contribution in [2.75, 3.05) is 11.9 Å². The number of rotatable bonds is 5. The molecular weight excluding hydrogens is 424 g/mol. The van der Waals surface area contributed by atoms with Crippen LogP contribution in [0.4, 0.5) is 5.69 Å². The Morgan fingerprint density at radius 3 is 2.52 bits per heavy atom. The van der Waals surface area contributed by atoms with Crippen molar-refractivity contribution in [2.24, 2.45) is 0 Å². The minimum atomic E-state index is -0.199. The summed E-state index contributed by atoms with van der Waals surface area (Å²) < 4.78 is 0.448. The monoisotopic (exact) mass is 444 g/mol. The van der Waals surface area contributed by atoms with Gasteiger partial charge in [-0.05, 0) is 49.6 Å². The second-order valence-corrected chi connectivity index (χ2v) is 9.01. The third-order valence-corrected chi connectivity index (χ3v) is 6.29. The lowest BCUT2D eigenvalue weighted by Gasteiger charge is -2.16. The Labute approximate surface area is 185 Å². The summed E-state index contributed by atoms with van der Waals surface area (Å²) in [5.41, 5.74) is 4.77. The van der Waals surface area contributed by atoms with Gasteiger partial charge in [0.1, 0.15) is 4.32 Å². The third kappa shape index (κ3) is 5.07. The van der Waals surface area contributed by atoms with Crippen molar-refractivity contribution in [2.45, 2.75) is 27.2 Å². The molecule has 2 aromatic rings. The number of halogens is 1. The van der Waals surface area contributed by atoms with Crippen LogP contribution in [0.3, 0.4) is 0 Å². The number of carbonyl (C=O) groups is 2. The molecule has 3 rings (SSSR count). The van der Waals surface area contributed by atoms with E-state index in [2.05, 4.69) is 5.32 Å². The van der Waals surface area contributed by atoms with Crippen LogP contribution >= 0.6 is 35.6 Å². The molecule has 0 atom stereocenters. The summed E-state index contributed by atoms with van der Waals surface area (Å²) in [5.74, 6) is -0.348. The number of amides is 2. The molecule has 0 aromatic heterocycles. The first-order chi connectivity index (χ1) is 13.8. The second kappa shape index (κ2) is 9.11. The fourth-order valence-corrected chi connectivity index (χ4v) is 4.71. The number of aryl methyl sites for hydroxylation is 3. The Morgan fingerprint density at radius 1 is 1.21 bits per heavy atom. The summed E-state index contributed by atoms with van der Waals surface area (Å²) in [5, 5.41) is 3.53. The number of nitrogens with one attached hydrogen (secondary N) is 1. The minimum Gasteiger partial charge on any atom is -0.326 e. The van der Waals surface area contributed by atoms with Crippen molar-refractivity contribution in [3.63, 3.8) is 0 Å². The van der Waals surface area contributed by atoms with Crippen molar-refractivity contribution in [3.05, 3.63) is 68.6 Å². The molecular formula is C22H21ClN2O2S2. The van der Waals surface area contributed by atoms with Crippen molar-refractivity contribution in [1.82, 2.24) is 4.90 Å². The molecule has 0 aliphatic carbocycles. The van der Waals surface area contributed by atoms with E-state index in [1.165, 1.54) is 16.7 Å². The van der Waals surface area contributed by atoms with Crippen LogP contribution in [-0.2, 0) is 9.59 Å². The van der Waals surface area contributed by atoms with Crippen LogP contribution in [0.1, 0.15) is 28.7 Å². The van der Waals surface area contributed by atoms with Gasteiger partial charge in [0.05, 0.1) is 4.91 Å². The van der Waals surface area contributed by atoms with E-state index in [0.717, 1.165) is 27.9 Å². The van der Waals surface area contributed by atoms with Crippen LogP contribution in [0, 0.1) is 20.8 Å². The van der Waals surface area contributed by atoms with Crippen molar-refractivity contribution >= 4 is 63.5 Å². The summed E-state index contributed by atoms with van der Waals surface area (Å²) in [4.78, 5) is 27.2. The molecule has 1 aliphatic rings. The molecule has 0 unspecified atom stereocenters. The fourth-order valence-electron chi connectivity index (χ4n) is 3.22. The van der Waals surface area contributed by atoms with Gasteiger partial charge in [0.2, 0.25) is 5.91 Å². The first-order valence-electron chi connectivity index (χ1n) is 9.14. The lowest BCUT2D eigenvalue weighted by molar-refractivity contribution is -0.122. The number of benzene rings is 2. The Morgan fingerprint density at radius 2 is 1.86 bits per heavy atom. The number of thioether (sulfide) groups is 1. The fraction of sp³-hybridized carbons (Fsp3) is 0.227. The molecule has 1 fully saturated rings. The van der Waals surface area contributed by atoms with Gasteiger partial charge in [0, 0.05) is 23.7 Å². The van der Waals surface area contributed by atoms with E-state index in [9.17, 15) is 9.59 Å². The molecule has 2 aromatic carbocycles. The maximum atomic E-state index is 12.7. The topological polar surface area (TPSA) is 49.4 Å². The molecule has 1 N–H and O–H groups in total. The minimum absolute atomic E-state index is 0.149. The van der Waals surface area contributed by atoms with Crippen molar-refractivity contribution < 1.29 is 9.59 Å². The van der Waals surface area contributed by atoms with E-state index in [-0.39, 0.29) is 24.8 Å². The number of hydrogen-bond donors (Lipinski definition) is 1. The maximum absolute atomic E-state index is 12.7. The number of nitrogens with zero attached hydrogens (tertiary/aromatic N) is 1. The summed E-state index contributed by atoms with van der Waals surface area (Å²) in [6.07, 6.45) is 1.90. The van der Waals surface area contributed by atoms with Gasteiger partial charge in [-0.2, -0.15) is 0 Å². The molecule has 7 heteroatoms. The number of hydrogen-bond acceptors (Lipinski definition) is 4. The normalized spacial score (nSPS) is 15.3. The van der Waals surface area contributed by atoms with E-state index in [1.54, 1.807) is 12.1 Å². The first-order valence-corrected chi connectivity index (χ1v) is 10.7. The van der Waals surface area contributed by atoms with Crippen LogP contribution in [0.25, 0.3) is 6.08 Å². The number of carbonyl (C=O) groups excluding carboxylic acids is 2. The molecule has 1 aliphatic heterocycles. The predicted molar refractivity (Wildman–Crippen MR) is 125 cm³/mol. The van der Waals surface area contributed by atoms with Crippen LogP contribution in [0.5, 0.6) is 0 Å². The summed E-state index contributed by atoms with van der Waals surface area (Å²) in [6, 6.07) is 11.4. The van der Waals surface area contributed by atoms with E-state index < -0.39 is 0 Å². The van der Waals surface area contributed by atoms with Gasteiger partial charge in [-0.1, -0.05) is 71.5 Å². The van der Waals surface area contributed by atoms with Gasteiger partial charge >= 0.3 is 0 Å². The van der Waals surface area contributed by atoms with Crippen LogP contribution < -0.4 is 5.32 Å². The van der Waals surface area contributed by atoms with E-state index in [4.69, 9.17) is 23.8 Å². The average molecular weight is 445 g/mol. The molecule has 150 valence electrons. The summed E-state index contributed by atoms with van der Waals surface area (Å²) in [6.45, 7) is 6.20. The van der Waals surface area contributed by atoms with Crippen LogP contribution in [0.2, 0.25) is 5.02 Å². The zero-order valence-electron chi connectivity index (χ0n) is 16.4. The SMILES string of the molecule is Cc1cc(C)c(NC(=O)CCN2C(=O)C(=Cc3ccccc3Cl)SC2=S)c(C)c1. The molecule has 0 bridgehead atoms. The highest BCUT2D eigenvalue weighted by Gasteiger charge is 2.32. The maximum Gasteiger partial charge on any atom is 0.266 e. The Hall–Kier alpha value is -2.15. The smallest absolute Gasteiger partial charge is 0.266 e. The predicted octanol–water partition coefficient (Wildman–Crippen LogP) is 5.50. The average Bonchev–Trinajstić information content (AvgIpc) is 2.91. The highest BCUT2D eigenvalue weighted by atomic mass is 35.5. The van der Waals surface area contributed by atoms with Gasteiger partial charge in [-0.3, -0.25) is 14.5 Å². The second-order valence-electron chi connectivity index (χ2n) is 6.93. The van der Waals surface area contributed by atoms with Gasteiger partial charge in [0.15, 0.2) is 0 Å². The van der Waals surface area contributed by atoms with E-state index in [1.807, 2.05) is 51.1 Å². The molecule has 1 saturated heterocycles. The molecule has 29 heavy (non-hydrogen) atoms. The van der Waals surface area contributed by atoms with E-state index in [0.29, 0.717) is 14.2 Å². The summed E-state index contributed by atoms with van der Waals surface area (Å²) in [7, 11) is 0. The zero-order chi connectivity index (χ0) is 21.1. The number of anilines is 1. The van der Waals surface area contributed by atoms with Gasteiger partial charge < -0.3 is 5.32 Å². The molecule has 4 nitrogen and oxygen atoms in total. The standard InChI is InChI=1S/C22H21ClN2O2S2/c1-13-10-14(2)20(15(3)11-13)24-19(26)8-9-25-21(27)18(29-22(25)28)12-16-6-4-5-7-17(16)23/h4-7,10-12H,8-9H2,1-3H3,(H,24,26). The third-order valence-electron chi connectivity index (χ3n) is 4.57. The quantitative estimate of drug-likeness (QED) is 0.489. The Balaban J connectivity index is 1.65. The van der Waals surface area contributed by atoms with Gasteiger partial charge in [0.25, 0.3) is 5.91 Å². The molecule has 2 amide bonds. The first kappa shape index (κ1) is 21.6. The Kier molecular flexibility index (Phi) is 6.77. The van der Waals surface area contributed by atoms with Gasteiger partial charge in [-0.15, -0.1) is 0 Å². The van der Waals surface area contributed by atoms with Gasteiger partial charge in [-0.25, -0.2) is 0 Å². The van der Waals surface area contributed by atoms with Crippen LogP contribution in [0.15, 0.2) is 41.3 Å². The highest BCUT2D eigenvalue weighted by molar-refractivity contribution is 8.26. The molecule has 0 spiro atoms. The van der Waals surface area contributed by atoms with Crippen LogP contribution in [-0.4, -0.2) is 27.6 Å². The lowest BCUT2D eigenvalue weighted by Crippen LogP contribution is -2.31. The highest BCUT2D eigenvalue weighted by Crippen LogP contribution is 2.33. The van der Waals surface area contributed by atoms with E-state index >= 15 is 0 Å². The molecule has 0 saturated carbocycles. The molecule has 0 radical (unpaired) electrons. The molecule has 1 heterocycles. The zero-order valence-corrected chi connectivity index (χ0v) is 18.8. The van der Waals surface area contributed by atoms with Crippen molar-refractivity contribution in [1.29, 1.82) is 0 Å². The largest absolute Gasteiger partial charge is 0.326 e.